The standard InChI is InChI=1S/C5H5N5S/c6-11-5-9-3-1-7-2-8-4(3)10-5/h1-2H,6H2,(H,7,8,9,10)/i1+1,2+1,4+1,5+1. The number of imidazole rings is 1. The van der Waals surface area contributed by atoms with Gasteiger partial charge in [-0.2, -0.15) is 0 Å². The number of H-pyrrole nitrogens is 1. The molecule has 0 saturated carbocycles. The minimum atomic E-state index is 0.646. The molecule has 0 aliphatic heterocycles. The number of hydrogen-bond acceptors (Lipinski definition) is 5. The molecule has 2 rings (SSSR count). The lowest BCUT2D eigenvalue weighted by atomic mass is 11.0. The number of nitrogens with one attached hydrogen (secondary N) is 1. The van der Waals surface area contributed by atoms with Crippen LogP contribution in [0.5, 0.6) is 0 Å². The molecule has 0 unspecified atom stereocenters. The Balaban J connectivity index is 2.69. The highest BCUT2D eigenvalue weighted by atomic mass is 32.2. The van der Waals surface area contributed by atoms with Crippen LogP contribution in [-0.4, -0.2) is 19.9 Å². The molecule has 3 N–H and O–H groups in total. The molecular formula is C5H5N5S. The minimum absolute atomic E-state index is 0.646. The van der Waals surface area contributed by atoms with Crippen molar-refractivity contribution < 1.29 is 0 Å². The molecule has 0 fully saturated rings. The fourth-order valence-electron chi connectivity index (χ4n) is 0.796. The van der Waals surface area contributed by atoms with Crippen molar-refractivity contribution >= 4 is 23.1 Å². The Morgan fingerprint density at radius 3 is 3.18 bits per heavy atom. The van der Waals surface area contributed by atoms with Gasteiger partial charge in [0.05, 0.1) is 6.20 Å². The highest BCUT2D eigenvalue weighted by Crippen LogP contribution is 2.11. The van der Waals surface area contributed by atoms with E-state index in [0.717, 1.165) is 17.5 Å². The van der Waals surface area contributed by atoms with Gasteiger partial charge in [-0.25, -0.2) is 15.0 Å². The average Bonchev–Trinajstić information content (AvgIpc) is 2.46. The lowest BCUT2D eigenvalue weighted by molar-refractivity contribution is 1.07. The number of nitrogens with zero attached hydrogens (tertiary/aromatic N) is 3. The third-order valence-corrected chi connectivity index (χ3v) is 1.67. The van der Waals surface area contributed by atoms with Crippen LogP contribution in [0.1, 0.15) is 0 Å². The molecule has 0 radical (unpaired) electrons. The van der Waals surface area contributed by atoms with Crippen LogP contribution >= 0.6 is 11.9 Å². The SMILES string of the molecule is NS[13c]1n[13c]2n[13cH]n[13cH]c2[nH]1. The summed E-state index contributed by atoms with van der Waals surface area (Å²) in [6.07, 6.45) is 3.11. The van der Waals surface area contributed by atoms with Gasteiger partial charge in [0.2, 0.25) is 0 Å². The van der Waals surface area contributed by atoms with Gasteiger partial charge < -0.3 is 4.98 Å². The van der Waals surface area contributed by atoms with Gasteiger partial charge in [0, 0.05) is 0 Å². The third kappa shape index (κ3) is 1.06. The molecule has 2 aromatic heterocycles. The van der Waals surface area contributed by atoms with Crippen molar-refractivity contribution in [1.29, 1.82) is 0 Å². The lowest BCUT2D eigenvalue weighted by Gasteiger charge is -1.80. The molecule has 56 valence electrons. The molecule has 0 amide bonds. The van der Waals surface area contributed by atoms with Crippen LogP contribution in [0.25, 0.3) is 11.2 Å². The zero-order valence-electron chi connectivity index (χ0n) is 5.48. The first-order chi connectivity index (χ1) is 5.40. The summed E-state index contributed by atoms with van der Waals surface area (Å²) in [5.41, 5.74) is 1.45. The van der Waals surface area contributed by atoms with Crippen LogP contribution in [0.2, 0.25) is 0 Å². The van der Waals surface area contributed by atoms with E-state index in [0.29, 0.717) is 10.8 Å². The molecule has 0 saturated heterocycles. The van der Waals surface area contributed by atoms with Gasteiger partial charge in [0.1, 0.15) is 11.8 Å². The summed E-state index contributed by atoms with van der Waals surface area (Å²) in [7, 11) is 0. The van der Waals surface area contributed by atoms with E-state index in [1.807, 2.05) is 0 Å². The van der Waals surface area contributed by atoms with E-state index in [1.54, 1.807) is 6.20 Å². The van der Waals surface area contributed by atoms with Crippen molar-refractivity contribution in [3.05, 3.63) is 12.5 Å². The summed E-state index contributed by atoms with van der Waals surface area (Å²) in [6.45, 7) is 0. The summed E-state index contributed by atoms with van der Waals surface area (Å²) >= 11 is 1.06. The van der Waals surface area contributed by atoms with Gasteiger partial charge >= 0.3 is 0 Å². The monoisotopic (exact) mass is 171 g/mol. The van der Waals surface area contributed by atoms with Gasteiger partial charge in [0.15, 0.2) is 10.8 Å². The van der Waals surface area contributed by atoms with E-state index in [1.165, 1.54) is 6.33 Å². The van der Waals surface area contributed by atoms with E-state index < -0.39 is 0 Å². The molecule has 0 aliphatic rings. The Bertz CT molecular complexity index is 337. The zero-order chi connectivity index (χ0) is 7.68. The fourth-order valence-corrected chi connectivity index (χ4v) is 1.10. The molecule has 0 bridgehead atoms. The zero-order valence-corrected chi connectivity index (χ0v) is 6.30. The molecule has 0 aliphatic carbocycles. The summed E-state index contributed by atoms with van der Waals surface area (Å²) in [4.78, 5) is 14.8. The van der Waals surface area contributed by atoms with Crippen LogP contribution in [0.3, 0.4) is 0 Å². The predicted molar refractivity (Wildman–Crippen MR) is 41.7 cm³/mol. The minimum Gasteiger partial charge on any atom is -0.329 e. The van der Waals surface area contributed by atoms with Crippen molar-refractivity contribution in [3.63, 3.8) is 0 Å². The van der Waals surface area contributed by atoms with E-state index in [2.05, 4.69) is 19.9 Å². The highest BCUT2D eigenvalue weighted by molar-refractivity contribution is 7.96. The smallest absolute Gasteiger partial charge is 0.183 e. The highest BCUT2D eigenvalue weighted by Gasteiger charge is 2.00. The normalized spacial score (nSPS) is 10.6. The van der Waals surface area contributed by atoms with Crippen LogP contribution in [0.4, 0.5) is 0 Å². The number of rotatable bonds is 1. The maximum Gasteiger partial charge on any atom is 0.183 e. The second-order valence-corrected chi connectivity index (χ2v) is 2.54. The summed E-state index contributed by atoms with van der Waals surface area (Å²) in [5.74, 6) is 0. The first kappa shape index (κ1) is 6.56. The van der Waals surface area contributed by atoms with E-state index in [4.69, 9.17) is 5.14 Å². The molecule has 0 atom stereocenters. The molecule has 6 heteroatoms. The van der Waals surface area contributed by atoms with Crippen molar-refractivity contribution in [1.82, 2.24) is 19.9 Å². The Hall–Kier alpha value is -1.14. The predicted octanol–water partition coefficient (Wildman–Crippen LogP) is 0.319. The molecule has 2 heterocycles. The Morgan fingerprint density at radius 2 is 2.45 bits per heavy atom. The summed E-state index contributed by atoms with van der Waals surface area (Å²) in [5, 5.41) is 5.94. The Labute approximate surface area is 66.6 Å². The molecule has 0 spiro atoms. The molecule has 2 aromatic rings. The van der Waals surface area contributed by atoms with Gasteiger partial charge in [0.25, 0.3) is 0 Å². The Kier molecular flexibility index (Phi) is 1.48. The van der Waals surface area contributed by atoms with Crippen molar-refractivity contribution in [2.45, 2.75) is 5.16 Å². The fraction of sp³-hybridized carbons (Fsp3) is 0. The van der Waals surface area contributed by atoms with Gasteiger partial charge in [-0.3, -0.25) is 5.14 Å². The van der Waals surface area contributed by atoms with E-state index >= 15 is 0 Å². The van der Waals surface area contributed by atoms with Crippen LogP contribution < -0.4 is 5.14 Å². The Morgan fingerprint density at radius 1 is 1.55 bits per heavy atom. The van der Waals surface area contributed by atoms with Crippen molar-refractivity contribution in [2.75, 3.05) is 0 Å². The second-order valence-electron chi connectivity index (χ2n) is 1.92. The lowest BCUT2D eigenvalue weighted by Crippen LogP contribution is -1.79. The first-order valence-electron chi connectivity index (χ1n) is 2.92. The largest absolute Gasteiger partial charge is 0.329 e. The number of aromatic amines is 1. The van der Waals surface area contributed by atoms with E-state index in [-0.39, 0.29) is 0 Å². The van der Waals surface area contributed by atoms with Crippen LogP contribution in [0, 0.1) is 0 Å². The van der Waals surface area contributed by atoms with Crippen molar-refractivity contribution in [2.24, 2.45) is 5.14 Å². The second kappa shape index (κ2) is 2.48. The van der Waals surface area contributed by atoms with Gasteiger partial charge in [-0.15, -0.1) is 0 Å². The topological polar surface area (TPSA) is 80.5 Å². The third-order valence-electron chi connectivity index (χ3n) is 1.25. The van der Waals surface area contributed by atoms with Gasteiger partial charge in [-0.05, 0) is 11.9 Å². The molecule has 5 nitrogen and oxygen atoms in total. The first-order valence-corrected chi connectivity index (χ1v) is 3.80. The molecule has 0 aromatic carbocycles. The summed E-state index contributed by atoms with van der Waals surface area (Å²) < 4.78 is 0. The summed E-state index contributed by atoms with van der Waals surface area (Å²) in [6, 6.07) is 0. The number of fused-ring (bicyclic) bond motifs is 1. The quantitative estimate of drug-likeness (QED) is 0.604. The molecule has 11 heavy (non-hydrogen) atoms. The maximum atomic E-state index is 5.29. The van der Waals surface area contributed by atoms with Crippen LogP contribution in [-0.2, 0) is 0 Å². The number of hydrogen-bond donors (Lipinski definition) is 2. The number of aromatic nitrogens is 4. The maximum absolute atomic E-state index is 5.29. The van der Waals surface area contributed by atoms with Crippen LogP contribution in [0.15, 0.2) is 17.7 Å². The van der Waals surface area contributed by atoms with Crippen molar-refractivity contribution in [3.8, 4) is 0 Å². The van der Waals surface area contributed by atoms with Gasteiger partial charge in [-0.1, -0.05) is 0 Å². The number of nitrogens with two attached hydrogens (primary N) is 1. The average molecular weight is 171 g/mol. The molecular weight excluding hydrogens is 166 g/mol. The van der Waals surface area contributed by atoms with E-state index in [9.17, 15) is 0 Å².